The predicted molar refractivity (Wildman–Crippen MR) is 77.4 cm³/mol. The first-order valence-corrected chi connectivity index (χ1v) is 7.25. The zero-order chi connectivity index (χ0) is 14.0. The fourth-order valence-electron chi connectivity index (χ4n) is 1.99. The first-order valence-electron chi connectivity index (χ1n) is 5.96. The van der Waals surface area contributed by atoms with E-state index in [1.807, 2.05) is 6.92 Å². The molecule has 104 valence electrons. The molecule has 1 aliphatic heterocycles. The molecular weight excluding hydrogens is 309 g/mol. The number of ether oxygens (including phenoxy) is 1. The van der Waals surface area contributed by atoms with E-state index in [-0.39, 0.29) is 18.1 Å². The van der Waals surface area contributed by atoms with Crippen LogP contribution in [0.4, 0.5) is 0 Å². The van der Waals surface area contributed by atoms with Crippen molar-refractivity contribution < 1.29 is 9.53 Å². The maximum absolute atomic E-state index is 12.5. The second-order valence-corrected chi connectivity index (χ2v) is 5.67. The molecular formula is C13H14Cl3NO2. The lowest BCUT2D eigenvalue weighted by Crippen LogP contribution is -2.51. The fourth-order valence-corrected chi connectivity index (χ4v) is 2.47. The minimum absolute atomic E-state index is 0.0152. The Morgan fingerprint density at radius 1 is 1.42 bits per heavy atom. The van der Waals surface area contributed by atoms with Crippen LogP contribution in [0.3, 0.4) is 0 Å². The molecule has 1 heterocycles. The van der Waals surface area contributed by atoms with E-state index in [0.717, 1.165) is 0 Å². The number of rotatable bonds is 2. The quantitative estimate of drug-likeness (QED) is 0.780. The Kier molecular flexibility index (Phi) is 4.96. The predicted octanol–water partition coefficient (Wildman–Crippen LogP) is 3.46. The first-order chi connectivity index (χ1) is 9.02. The molecule has 19 heavy (non-hydrogen) atoms. The number of hydrogen-bond donors (Lipinski definition) is 0. The number of hydrogen-bond acceptors (Lipinski definition) is 2. The van der Waals surface area contributed by atoms with E-state index in [1.165, 1.54) is 0 Å². The van der Waals surface area contributed by atoms with Crippen molar-refractivity contribution >= 4 is 40.7 Å². The van der Waals surface area contributed by atoms with E-state index < -0.39 is 0 Å². The van der Waals surface area contributed by atoms with Gasteiger partial charge in [-0.15, -0.1) is 11.6 Å². The van der Waals surface area contributed by atoms with Crippen molar-refractivity contribution in [3.05, 3.63) is 33.8 Å². The highest BCUT2D eigenvalue weighted by atomic mass is 35.5. The third kappa shape index (κ3) is 3.34. The SMILES string of the molecule is CC1COC(CCl)CN1C(=O)c1ccc(Cl)c(Cl)c1. The van der Waals surface area contributed by atoms with Crippen LogP contribution in [0.1, 0.15) is 17.3 Å². The normalized spacial score (nSPS) is 23.5. The number of carbonyl (C=O) groups excluding carboxylic acids is 1. The molecule has 1 aromatic carbocycles. The Morgan fingerprint density at radius 2 is 2.16 bits per heavy atom. The molecule has 1 aliphatic rings. The molecule has 0 N–H and O–H groups in total. The summed E-state index contributed by atoms with van der Waals surface area (Å²) < 4.78 is 5.53. The van der Waals surface area contributed by atoms with Crippen molar-refractivity contribution in [2.75, 3.05) is 19.0 Å². The lowest BCUT2D eigenvalue weighted by molar-refractivity contribution is -0.0371. The molecule has 0 bridgehead atoms. The largest absolute Gasteiger partial charge is 0.373 e. The summed E-state index contributed by atoms with van der Waals surface area (Å²) in [6, 6.07) is 4.90. The van der Waals surface area contributed by atoms with Crippen LogP contribution in [0.15, 0.2) is 18.2 Å². The second-order valence-electron chi connectivity index (χ2n) is 4.55. The van der Waals surface area contributed by atoms with Crippen molar-refractivity contribution in [1.29, 1.82) is 0 Å². The van der Waals surface area contributed by atoms with Crippen LogP contribution in [0.2, 0.25) is 10.0 Å². The number of amides is 1. The molecule has 3 nitrogen and oxygen atoms in total. The molecule has 1 saturated heterocycles. The molecule has 2 unspecified atom stereocenters. The Labute approximate surface area is 127 Å². The number of halogens is 3. The molecule has 0 radical (unpaired) electrons. The van der Waals surface area contributed by atoms with Gasteiger partial charge in [0.15, 0.2) is 0 Å². The second kappa shape index (κ2) is 6.31. The third-order valence-corrected chi connectivity index (χ3v) is 4.19. The summed E-state index contributed by atoms with van der Waals surface area (Å²) in [7, 11) is 0. The van der Waals surface area contributed by atoms with Gasteiger partial charge in [0.25, 0.3) is 5.91 Å². The molecule has 0 aliphatic carbocycles. The van der Waals surface area contributed by atoms with E-state index in [4.69, 9.17) is 39.5 Å². The molecule has 0 spiro atoms. The number of benzene rings is 1. The van der Waals surface area contributed by atoms with Crippen LogP contribution in [-0.2, 0) is 4.74 Å². The maximum Gasteiger partial charge on any atom is 0.254 e. The molecule has 1 fully saturated rings. The summed E-state index contributed by atoms with van der Waals surface area (Å²) >= 11 is 17.6. The lowest BCUT2D eigenvalue weighted by atomic mass is 10.1. The molecule has 0 aromatic heterocycles. The van der Waals surface area contributed by atoms with Crippen molar-refractivity contribution in [3.63, 3.8) is 0 Å². The van der Waals surface area contributed by atoms with Gasteiger partial charge in [0.1, 0.15) is 0 Å². The van der Waals surface area contributed by atoms with Gasteiger partial charge in [0.05, 0.1) is 34.7 Å². The number of carbonyl (C=O) groups is 1. The summed E-state index contributed by atoms with van der Waals surface area (Å²) in [6.45, 7) is 2.92. The number of alkyl halides is 1. The number of morpholine rings is 1. The Hall–Kier alpha value is -0.480. The van der Waals surface area contributed by atoms with Crippen molar-refractivity contribution in [1.82, 2.24) is 4.90 Å². The summed E-state index contributed by atoms with van der Waals surface area (Å²) in [5.74, 6) is 0.294. The van der Waals surface area contributed by atoms with Gasteiger partial charge in [0.2, 0.25) is 0 Å². The zero-order valence-corrected chi connectivity index (χ0v) is 12.7. The highest BCUT2D eigenvalue weighted by Gasteiger charge is 2.29. The van der Waals surface area contributed by atoms with Crippen LogP contribution in [0.5, 0.6) is 0 Å². The van der Waals surface area contributed by atoms with Crippen molar-refractivity contribution in [2.24, 2.45) is 0 Å². The molecule has 1 amide bonds. The standard InChI is InChI=1S/C13H14Cl3NO2/c1-8-7-19-10(5-14)6-17(8)13(18)9-2-3-11(15)12(16)4-9/h2-4,8,10H,5-7H2,1H3. The highest BCUT2D eigenvalue weighted by molar-refractivity contribution is 6.42. The van der Waals surface area contributed by atoms with Gasteiger partial charge in [-0.05, 0) is 25.1 Å². The van der Waals surface area contributed by atoms with Gasteiger partial charge in [-0.1, -0.05) is 23.2 Å². The van der Waals surface area contributed by atoms with E-state index in [1.54, 1.807) is 23.1 Å². The Bertz CT molecular complexity index is 481. The Morgan fingerprint density at radius 3 is 2.79 bits per heavy atom. The summed E-state index contributed by atoms with van der Waals surface area (Å²) in [4.78, 5) is 14.2. The summed E-state index contributed by atoms with van der Waals surface area (Å²) in [5.41, 5.74) is 0.525. The average Bonchev–Trinajstić information content (AvgIpc) is 2.41. The van der Waals surface area contributed by atoms with Crippen LogP contribution < -0.4 is 0 Å². The van der Waals surface area contributed by atoms with Gasteiger partial charge in [-0.3, -0.25) is 4.79 Å². The lowest BCUT2D eigenvalue weighted by Gasteiger charge is -2.37. The van der Waals surface area contributed by atoms with E-state index >= 15 is 0 Å². The van der Waals surface area contributed by atoms with E-state index in [2.05, 4.69) is 0 Å². The monoisotopic (exact) mass is 321 g/mol. The van der Waals surface area contributed by atoms with Crippen molar-refractivity contribution in [2.45, 2.75) is 19.1 Å². The molecule has 2 rings (SSSR count). The van der Waals surface area contributed by atoms with E-state index in [9.17, 15) is 4.79 Å². The van der Waals surface area contributed by atoms with Crippen molar-refractivity contribution in [3.8, 4) is 0 Å². The highest BCUT2D eigenvalue weighted by Crippen LogP contribution is 2.24. The maximum atomic E-state index is 12.5. The smallest absolute Gasteiger partial charge is 0.254 e. The van der Waals surface area contributed by atoms with Gasteiger partial charge in [-0.2, -0.15) is 0 Å². The van der Waals surface area contributed by atoms with E-state index in [0.29, 0.717) is 34.6 Å². The van der Waals surface area contributed by atoms with Crippen LogP contribution in [0.25, 0.3) is 0 Å². The van der Waals surface area contributed by atoms with Gasteiger partial charge >= 0.3 is 0 Å². The van der Waals surface area contributed by atoms with Crippen LogP contribution >= 0.6 is 34.8 Å². The summed E-state index contributed by atoms with van der Waals surface area (Å²) in [6.07, 6.45) is -0.121. The molecule has 1 aromatic rings. The average molecular weight is 323 g/mol. The van der Waals surface area contributed by atoms with Gasteiger partial charge in [0, 0.05) is 12.1 Å². The minimum atomic E-state index is -0.121. The topological polar surface area (TPSA) is 29.5 Å². The Balaban J connectivity index is 2.19. The van der Waals surface area contributed by atoms with Gasteiger partial charge in [-0.25, -0.2) is 0 Å². The van der Waals surface area contributed by atoms with Crippen LogP contribution in [0, 0.1) is 0 Å². The summed E-state index contributed by atoms with van der Waals surface area (Å²) in [5, 5.41) is 0.814. The van der Waals surface area contributed by atoms with Gasteiger partial charge < -0.3 is 9.64 Å². The molecule has 2 atom stereocenters. The minimum Gasteiger partial charge on any atom is -0.373 e. The zero-order valence-electron chi connectivity index (χ0n) is 10.4. The number of nitrogens with zero attached hydrogens (tertiary/aromatic N) is 1. The molecule has 0 saturated carbocycles. The third-order valence-electron chi connectivity index (χ3n) is 3.11. The molecule has 6 heteroatoms. The fraction of sp³-hybridized carbons (Fsp3) is 0.462. The van der Waals surface area contributed by atoms with Crippen LogP contribution in [-0.4, -0.2) is 42.0 Å². The first kappa shape index (κ1) is 14.9.